The lowest BCUT2D eigenvalue weighted by Crippen LogP contribution is -2.23. The lowest BCUT2D eigenvalue weighted by molar-refractivity contribution is -0.141. The third-order valence-corrected chi connectivity index (χ3v) is 7.11. The average Bonchev–Trinajstić information content (AvgIpc) is 3.00. The number of hydrogen-bond acceptors (Lipinski definition) is 6. The van der Waals surface area contributed by atoms with Crippen molar-refractivity contribution in [1.29, 1.82) is 0 Å². The molecule has 0 spiro atoms. The molecule has 0 saturated heterocycles. The van der Waals surface area contributed by atoms with E-state index in [0.717, 1.165) is 30.3 Å². The van der Waals surface area contributed by atoms with E-state index >= 15 is 0 Å². The molecule has 1 aliphatic rings. The number of aromatic nitrogens is 5. The topological polar surface area (TPSA) is 88.5 Å². The first kappa shape index (κ1) is 24.3. The second-order valence-corrected chi connectivity index (χ2v) is 10.3. The number of halogens is 5. The van der Waals surface area contributed by atoms with Crippen LogP contribution in [-0.4, -0.2) is 36.9 Å². The van der Waals surface area contributed by atoms with E-state index in [2.05, 4.69) is 15.2 Å². The van der Waals surface area contributed by atoms with Gasteiger partial charge in [0.1, 0.15) is 5.69 Å². The van der Waals surface area contributed by atoms with E-state index in [1.165, 1.54) is 12.3 Å². The van der Waals surface area contributed by atoms with Crippen LogP contribution in [0.4, 0.5) is 13.2 Å². The summed E-state index contributed by atoms with van der Waals surface area (Å²) in [6.45, 7) is -0.0973. The van der Waals surface area contributed by atoms with Gasteiger partial charge in [-0.25, -0.2) is 12.8 Å². The van der Waals surface area contributed by atoms with Crippen molar-refractivity contribution in [2.75, 3.05) is 0 Å². The number of hydrogen-bond donors (Lipinski definition) is 1. The van der Waals surface area contributed by atoms with Gasteiger partial charge in [0.15, 0.2) is 5.65 Å². The summed E-state index contributed by atoms with van der Waals surface area (Å²) in [4.78, 5) is 16.6. The first-order chi connectivity index (χ1) is 17.2. The van der Waals surface area contributed by atoms with Crippen molar-refractivity contribution in [3.63, 3.8) is 0 Å². The van der Waals surface area contributed by atoms with Gasteiger partial charge in [-0.15, -0.1) is 5.10 Å². The summed E-state index contributed by atoms with van der Waals surface area (Å²) < 4.78 is 43.8. The summed E-state index contributed by atoms with van der Waals surface area (Å²) >= 11 is 5.29. The fourth-order valence-corrected chi connectivity index (χ4v) is 4.95. The number of fused-ring (bicyclic) bond motifs is 1. The summed E-state index contributed by atoms with van der Waals surface area (Å²) in [5, 5.41) is 19.2. The fourth-order valence-electron chi connectivity index (χ4n) is 3.60. The fraction of sp³-hybridized carbons (Fsp3) is 0.0870. The Morgan fingerprint density at radius 3 is 2.56 bits per heavy atom. The van der Waals surface area contributed by atoms with Gasteiger partial charge >= 0.3 is 11.9 Å². The molecule has 0 unspecified atom stereocenters. The van der Waals surface area contributed by atoms with E-state index < -0.39 is 38.6 Å². The van der Waals surface area contributed by atoms with E-state index in [1.807, 2.05) is 22.2 Å². The number of benzene rings is 1. The van der Waals surface area contributed by atoms with Crippen molar-refractivity contribution in [2.24, 2.45) is 0 Å². The average molecular weight is 627 g/mol. The van der Waals surface area contributed by atoms with Gasteiger partial charge in [0.05, 0.1) is 12.7 Å². The molecule has 0 bridgehead atoms. The Kier molecular flexibility index (Phi) is 6.49. The minimum Gasteiger partial charge on any atom is -0.280 e. The monoisotopic (exact) mass is 626 g/mol. The first-order valence-corrected chi connectivity index (χ1v) is 12.9. The van der Waals surface area contributed by atoms with Crippen LogP contribution in [0.15, 0.2) is 71.9 Å². The molecule has 4 aromatic rings. The molecule has 0 amide bonds. The Morgan fingerprint density at radius 1 is 1.08 bits per heavy atom. The van der Waals surface area contributed by atoms with Crippen molar-refractivity contribution >= 4 is 47.8 Å². The maximum Gasteiger partial charge on any atom is 0.433 e. The number of allylic oxidation sites excluding steroid dienone is 3. The minimum atomic E-state index is -4.56. The normalized spacial score (nSPS) is 14.0. The number of alkyl halides is 3. The molecule has 184 valence electrons. The number of hydroxylamine groups is 1. The van der Waals surface area contributed by atoms with Gasteiger partial charge in [-0.05, 0) is 51.1 Å². The van der Waals surface area contributed by atoms with Crippen LogP contribution in [0.1, 0.15) is 16.8 Å². The molecule has 5 rings (SSSR count). The summed E-state index contributed by atoms with van der Waals surface area (Å²) in [6.07, 6.45) is 3.15. The van der Waals surface area contributed by atoms with Gasteiger partial charge < -0.3 is 0 Å². The van der Waals surface area contributed by atoms with Crippen molar-refractivity contribution in [2.45, 2.75) is 12.7 Å². The van der Waals surface area contributed by atoms with Crippen LogP contribution in [-0.2, 0) is 12.7 Å². The zero-order chi connectivity index (χ0) is 25.4. The smallest absolute Gasteiger partial charge is 0.280 e. The number of pyridine rings is 1. The lowest BCUT2D eigenvalue weighted by Gasteiger charge is -2.11. The highest BCUT2D eigenvalue weighted by Crippen LogP contribution is 2.33. The van der Waals surface area contributed by atoms with E-state index in [9.17, 15) is 23.2 Å². The zero-order valence-corrected chi connectivity index (χ0v) is 21.0. The van der Waals surface area contributed by atoms with Crippen LogP contribution in [0.25, 0.3) is 22.3 Å². The van der Waals surface area contributed by atoms with Crippen molar-refractivity contribution in [3.8, 4) is 11.1 Å². The summed E-state index contributed by atoms with van der Waals surface area (Å²) in [5.74, 6) is 0. The standard InChI is InChI=1S/C23H15ClF3IN6O2/c24-17-4-2-15(3-5-17)18-12-30-34-21(20(18)16-7-9-28-33(36)10-8-16)31-32(22(34)35)13-14-1-6-19(29-11-14)23(25,26)27/h1-12,36H,13H2. The highest BCUT2D eigenvalue weighted by Gasteiger charge is 2.32. The Balaban J connectivity index is 1.65. The second-order valence-electron chi connectivity index (χ2n) is 7.62. The maximum absolute atomic E-state index is 13.1. The predicted octanol–water partition coefficient (Wildman–Crippen LogP) is 4.96. The molecule has 8 nitrogen and oxygen atoms in total. The molecule has 36 heavy (non-hydrogen) atoms. The van der Waals surface area contributed by atoms with E-state index in [4.69, 9.17) is 11.6 Å². The van der Waals surface area contributed by atoms with Crippen molar-refractivity contribution in [3.05, 3.63) is 99.5 Å². The number of rotatable bonds is 4. The van der Waals surface area contributed by atoms with E-state index in [-0.39, 0.29) is 12.2 Å². The molecule has 1 aromatic carbocycles. The number of nitrogens with zero attached hydrogens (tertiary/aromatic N) is 6. The summed E-state index contributed by atoms with van der Waals surface area (Å²) in [5.41, 5.74) is 1.80. The molecule has 13 heteroatoms. The van der Waals surface area contributed by atoms with Crippen LogP contribution in [0, 0.1) is 0 Å². The molecule has 4 heterocycles. The molecule has 0 atom stereocenters. The molecule has 0 fully saturated rings. The highest BCUT2D eigenvalue weighted by molar-refractivity contribution is 14.2. The van der Waals surface area contributed by atoms with Crippen LogP contribution < -0.4 is 5.69 Å². The molecule has 0 radical (unpaired) electrons. The van der Waals surface area contributed by atoms with Crippen LogP contribution in [0.2, 0.25) is 5.02 Å². The third kappa shape index (κ3) is 4.83. The summed E-state index contributed by atoms with van der Waals surface area (Å²) in [7, 11) is 0. The largest absolute Gasteiger partial charge is 0.433 e. The van der Waals surface area contributed by atoms with Crippen molar-refractivity contribution < 1.29 is 18.4 Å². The van der Waals surface area contributed by atoms with E-state index in [0.29, 0.717) is 27.3 Å². The Morgan fingerprint density at radius 2 is 1.86 bits per heavy atom. The van der Waals surface area contributed by atoms with Crippen LogP contribution >= 0.6 is 32.6 Å². The SMILES string of the molecule is O=c1n(Cc2ccc(C(F)(F)F)nc2)nc2c(C3=CC=IN(O)C=C3)c(-c3ccc(Cl)cc3)cnn12. The summed E-state index contributed by atoms with van der Waals surface area (Å²) in [6, 6.07) is 9.22. The molecular weight excluding hydrogens is 612 g/mol. The quantitative estimate of drug-likeness (QED) is 0.255. The van der Waals surface area contributed by atoms with Gasteiger partial charge in [-0.2, -0.15) is 22.8 Å². The predicted molar refractivity (Wildman–Crippen MR) is 137 cm³/mol. The van der Waals surface area contributed by atoms with E-state index in [1.54, 1.807) is 24.4 Å². The lowest BCUT2D eigenvalue weighted by atomic mass is 9.96. The van der Waals surface area contributed by atoms with Crippen LogP contribution in [0.3, 0.4) is 0 Å². The first-order valence-electron chi connectivity index (χ1n) is 10.3. The maximum atomic E-state index is 13.1. The molecule has 1 aliphatic heterocycles. The van der Waals surface area contributed by atoms with Gasteiger partial charge in [-0.1, -0.05) is 29.8 Å². The van der Waals surface area contributed by atoms with Gasteiger partial charge in [0, 0.05) is 49.6 Å². The Bertz CT molecular complexity index is 1590. The molecule has 1 N–H and O–H groups in total. The second kappa shape index (κ2) is 9.59. The third-order valence-electron chi connectivity index (χ3n) is 5.28. The Labute approximate surface area is 216 Å². The highest BCUT2D eigenvalue weighted by atomic mass is 127. The van der Waals surface area contributed by atoms with Gasteiger partial charge in [-0.3, -0.25) is 10.2 Å². The minimum absolute atomic E-state index is 0.0973. The molecule has 3 aromatic heterocycles. The molecule has 0 aliphatic carbocycles. The zero-order valence-electron chi connectivity index (χ0n) is 18.1. The van der Waals surface area contributed by atoms with Gasteiger partial charge in [0.25, 0.3) is 0 Å². The van der Waals surface area contributed by atoms with Crippen molar-refractivity contribution in [1.82, 2.24) is 27.7 Å². The van der Waals surface area contributed by atoms with Crippen LogP contribution in [0.5, 0.6) is 0 Å². The molecule has 0 saturated carbocycles. The Hall–Kier alpha value is -3.36. The molecular formula is C23H15ClF3IN6O2. The van der Waals surface area contributed by atoms with Gasteiger partial charge in [0.2, 0.25) is 0 Å².